The molecule has 0 unspecified atom stereocenters. The number of hydrogen-bond donors (Lipinski definition) is 0. The van der Waals surface area contributed by atoms with E-state index in [1.807, 2.05) is 59.2 Å². The first-order valence-corrected chi connectivity index (χ1v) is 12.3. The van der Waals surface area contributed by atoms with Gasteiger partial charge in [-0.05, 0) is 50.3 Å². The summed E-state index contributed by atoms with van der Waals surface area (Å²) in [5.74, 6) is 0.367. The molecule has 2 heterocycles. The fraction of sp³-hybridized carbons (Fsp3) is 0.407. The van der Waals surface area contributed by atoms with Crippen molar-refractivity contribution in [3.63, 3.8) is 0 Å². The molecule has 0 radical (unpaired) electrons. The van der Waals surface area contributed by atoms with Gasteiger partial charge in [0.15, 0.2) is 5.69 Å². The molecule has 0 aliphatic carbocycles. The van der Waals surface area contributed by atoms with Crippen LogP contribution in [0, 0.1) is 0 Å². The van der Waals surface area contributed by atoms with Crippen molar-refractivity contribution in [1.82, 2.24) is 24.8 Å². The van der Waals surface area contributed by atoms with Gasteiger partial charge in [-0.1, -0.05) is 47.7 Å². The molecule has 1 aliphatic heterocycles. The molecule has 0 saturated carbocycles. The third-order valence-corrected chi connectivity index (χ3v) is 6.38. The Kier molecular flexibility index (Phi) is 8.13. The highest BCUT2D eigenvalue weighted by molar-refractivity contribution is 5.97. The van der Waals surface area contributed by atoms with Gasteiger partial charge in [-0.2, -0.15) is 0 Å². The Bertz CT molecular complexity index is 1130. The molecule has 0 fully saturated rings. The molecule has 184 valence electrons. The number of aromatic nitrogens is 3. The lowest BCUT2D eigenvalue weighted by atomic mass is 10.0. The van der Waals surface area contributed by atoms with Crippen LogP contribution in [-0.2, 0) is 13.5 Å². The van der Waals surface area contributed by atoms with Crippen LogP contribution in [0.15, 0.2) is 60.8 Å². The Morgan fingerprint density at radius 2 is 1.77 bits per heavy atom. The summed E-state index contributed by atoms with van der Waals surface area (Å²) >= 11 is 0. The molecule has 1 aromatic heterocycles. The van der Waals surface area contributed by atoms with Gasteiger partial charge in [-0.25, -0.2) is 0 Å². The number of fused-ring (bicyclic) bond motifs is 1. The number of amides is 2. The number of carbonyl (C=O) groups excluding carboxylic acids is 2. The van der Waals surface area contributed by atoms with E-state index in [4.69, 9.17) is 4.74 Å². The molecule has 2 aromatic carbocycles. The van der Waals surface area contributed by atoms with Crippen LogP contribution < -0.4 is 4.74 Å². The summed E-state index contributed by atoms with van der Waals surface area (Å²) in [7, 11) is 1.75. The highest BCUT2D eigenvalue weighted by Crippen LogP contribution is 2.23. The molecule has 1 aliphatic rings. The number of ether oxygens (including phenoxy) is 1. The molecule has 2 amide bonds. The predicted octanol–water partition coefficient (Wildman–Crippen LogP) is 3.59. The van der Waals surface area contributed by atoms with Crippen LogP contribution in [0.2, 0.25) is 0 Å². The second-order valence-corrected chi connectivity index (χ2v) is 8.87. The van der Waals surface area contributed by atoms with Gasteiger partial charge in [0.2, 0.25) is 0 Å². The van der Waals surface area contributed by atoms with Gasteiger partial charge in [-0.15, -0.1) is 5.10 Å². The molecule has 1 atom stereocenters. The molecule has 0 bridgehead atoms. The van der Waals surface area contributed by atoms with Crippen LogP contribution in [-0.4, -0.2) is 68.9 Å². The first-order valence-electron chi connectivity index (χ1n) is 12.3. The molecule has 0 N–H and O–H groups in total. The third kappa shape index (κ3) is 6.07. The van der Waals surface area contributed by atoms with Gasteiger partial charge in [0.25, 0.3) is 11.8 Å². The van der Waals surface area contributed by atoms with Crippen LogP contribution in [0.25, 0.3) is 0 Å². The molecule has 4 rings (SSSR count). The average molecular weight is 476 g/mol. The maximum Gasteiger partial charge on any atom is 0.276 e. The lowest BCUT2D eigenvalue weighted by molar-refractivity contribution is 0.0599. The number of hydrogen-bond acceptors (Lipinski definition) is 5. The van der Waals surface area contributed by atoms with Crippen molar-refractivity contribution < 1.29 is 14.3 Å². The Morgan fingerprint density at radius 1 is 1.03 bits per heavy atom. The predicted molar refractivity (Wildman–Crippen MR) is 133 cm³/mol. The van der Waals surface area contributed by atoms with Crippen molar-refractivity contribution >= 4 is 11.8 Å². The first-order chi connectivity index (χ1) is 17.1. The quantitative estimate of drug-likeness (QED) is 0.576. The fourth-order valence-corrected chi connectivity index (χ4v) is 4.48. The van der Waals surface area contributed by atoms with Gasteiger partial charge < -0.3 is 14.5 Å². The molecule has 0 spiro atoms. The summed E-state index contributed by atoms with van der Waals surface area (Å²) in [6, 6.07) is 17.2. The summed E-state index contributed by atoms with van der Waals surface area (Å²) in [5, 5.41) is 8.03. The number of para-hydroxylation sites is 1. The van der Waals surface area contributed by atoms with E-state index in [0.717, 1.165) is 24.8 Å². The smallest absolute Gasteiger partial charge is 0.276 e. The zero-order valence-electron chi connectivity index (χ0n) is 20.5. The van der Waals surface area contributed by atoms with Gasteiger partial charge in [-0.3, -0.25) is 14.3 Å². The molecule has 3 aromatic rings. The zero-order chi connectivity index (χ0) is 24.6. The lowest BCUT2D eigenvalue weighted by Crippen LogP contribution is -2.45. The van der Waals surface area contributed by atoms with E-state index in [2.05, 4.69) is 22.4 Å². The Labute approximate surface area is 206 Å². The summed E-state index contributed by atoms with van der Waals surface area (Å²) in [6.07, 6.45) is 4.89. The normalized spacial score (nSPS) is 17.5. The van der Waals surface area contributed by atoms with E-state index in [0.29, 0.717) is 43.1 Å². The Morgan fingerprint density at radius 3 is 2.51 bits per heavy atom. The molecular weight excluding hydrogens is 442 g/mol. The minimum absolute atomic E-state index is 0.0190. The van der Waals surface area contributed by atoms with Crippen molar-refractivity contribution in [3.8, 4) is 5.75 Å². The van der Waals surface area contributed by atoms with E-state index in [9.17, 15) is 9.59 Å². The van der Waals surface area contributed by atoms with E-state index in [-0.39, 0.29) is 24.5 Å². The topological polar surface area (TPSA) is 80.6 Å². The van der Waals surface area contributed by atoms with Gasteiger partial charge >= 0.3 is 0 Å². The maximum absolute atomic E-state index is 13.6. The summed E-state index contributed by atoms with van der Waals surface area (Å²) in [5.41, 5.74) is 1.99. The van der Waals surface area contributed by atoms with E-state index in [1.54, 1.807) is 13.2 Å². The second kappa shape index (κ2) is 11.6. The number of rotatable bonds is 4. The van der Waals surface area contributed by atoms with Crippen LogP contribution in [0.5, 0.6) is 5.75 Å². The monoisotopic (exact) mass is 475 g/mol. The van der Waals surface area contributed by atoms with Crippen LogP contribution in [0.4, 0.5) is 0 Å². The molecule has 8 heteroatoms. The molecule has 0 saturated heterocycles. The highest BCUT2D eigenvalue weighted by atomic mass is 16.5. The van der Waals surface area contributed by atoms with E-state index >= 15 is 0 Å². The third-order valence-electron chi connectivity index (χ3n) is 6.38. The minimum Gasteiger partial charge on any atom is -0.491 e. The van der Waals surface area contributed by atoms with Gasteiger partial charge in [0.1, 0.15) is 12.4 Å². The second-order valence-electron chi connectivity index (χ2n) is 8.87. The van der Waals surface area contributed by atoms with Crippen molar-refractivity contribution in [1.29, 1.82) is 0 Å². The number of nitrogens with zero attached hydrogens (tertiary/aromatic N) is 5. The largest absolute Gasteiger partial charge is 0.491 e. The van der Waals surface area contributed by atoms with Crippen LogP contribution in [0.1, 0.15) is 52.6 Å². The lowest BCUT2D eigenvalue weighted by Gasteiger charge is -2.31. The van der Waals surface area contributed by atoms with Crippen molar-refractivity contribution in [2.75, 3.05) is 26.2 Å². The van der Waals surface area contributed by atoms with Crippen molar-refractivity contribution in [2.24, 2.45) is 7.05 Å². The first kappa shape index (κ1) is 24.4. The maximum atomic E-state index is 13.6. The minimum atomic E-state index is -0.238. The number of aryl methyl sites for hydroxylation is 1. The van der Waals surface area contributed by atoms with E-state index < -0.39 is 0 Å². The van der Waals surface area contributed by atoms with E-state index in [1.165, 1.54) is 4.68 Å². The molecule has 35 heavy (non-hydrogen) atoms. The SMILES string of the molecule is CCN1CCCCCN(C(=O)c2cn(C)nn2)[C@@H](Cc2ccccc2)COc2ccccc2C1=O. The summed E-state index contributed by atoms with van der Waals surface area (Å²) in [4.78, 5) is 30.6. The standard InChI is InChI=1S/C27H33N5O3/c1-3-31-16-10-5-11-17-32(27(34)24-19-30(2)29-28-24)22(18-21-12-6-4-7-13-21)20-35-25-15-9-8-14-23(25)26(31)33/h4,6-9,12-15,19,22H,3,5,10-11,16-18,20H2,1-2H3/t22-/m0/s1. The van der Waals surface area contributed by atoms with Crippen LogP contribution in [0.3, 0.4) is 0 Å². The summed E-state index contributed by atoms with van der Waals surface area (Å²) in [6.45, 7) is 4.16. The van der Waals surface area contributed by atoms with Crippen LogP contribution >= 0.6 is 0 Å². The van der Waals surface area contributed by atoms with Gasteiger partial charge in [0.05, 0.1) is 17.8 Å². The zero-order valence-corrected chi connectivity index (χ0v) is 20.5. The Balaban J connectivity index is 1.68. The molecule has 8 nitrogen and oxygen atoms in total. The number of carbonyl (C=O) groups is 2. The summed E-state index contributed by atoms with van der Waals surface area (Å²) < 4.78 is 7.83. The fourth-order valence-electron chi connectivity index (χ4n) is 4.48. The van der Waals surface area contributed by atoms with Crippen molar-refractivity contribution in [2.45, 2.75) is 38.6 Å². The Hall–Kier alpha value is -3.68. The highest BCUT2D eigenvalue weighted by Gasteiger charge is 2.28. The van der Waals surface area contributed by atoms with Crippen molar-refractivity contribution in [3.05, 3.63) is 77.6 Å². The van der Waals surface area contributed by atoms with Gasteiger partial charge in [0, 0.05) is 26.7 Å². The number of benzene rings is 2. The average Bonchev–Trinajstić information content (AvgIpc) is 3.32. The molecular formula is C27H33N5O3.